The van der Waals surface area contributed by atoms with Crippen molar-refractivity contribution >= 4 is 23.6 Å². The third-order valence-corrected chi connectivity index (χ3v) is 6.79. The number of hydrogen-bond donors (Lipinski definition) is 1. The molecule has 180 valence electrons. The van der Waals surface area contributed by atoms with E-state index in [9.17, 15) is 4.79 Å². The van der Waals surface area contributed by atoms with Gasteiger partial charge in [-0.3, -0.25) is 4.79 Å². The molecule has 1 aromatic heterocycles. The molecule has 0 aliphatic rings. The van der Waals surface area contributed by atoms with E-state index in [1.807, 2.05) is 91.0 Å². The van der Waals surface area contributed by atoms with Gasteiger partial charge in [0.05, 0.1) is 6.54 Å². The maximum atomic E-state index is 13.0. The molecule has 1 amide bonds. The summed E-state index contributed by atoms with van der Waals surface area (Å²) in [6.07, 6.45) is 8.81. The van der Waals surface area contributed by atoms with E-state index >= 15 is 0 Å². The Morgan fingerprint density at radius 2 is 1.54 bits per heavy atom. The minimum absolute atomic E-state index is 0. The highest BCUT2D eigenvalue weighted by molar-refractivity contribution is 6.32. The molecular formula is C29H29BrClN3O. The summed E-state index contributed by atoms with van der Waals surface area (Å²) in [5.41, 5.74) is 8.02. The number of amides is 1. The summed E-state index contributed by atoms with van der Waals surface area (Å²) in [6, 6.07) is 27.5. The molecule has 0 aliphatic carbocycles. The Kier molecular flexibility index (Phi) is 9.07. The predicted molar refractivity (Wildman–Crippen MR) is 137 cm³/mol. The summed E-state index contributed by atoms with van der Waals surface area (Å²) in [7, 11) is 0. The number of rotatable bonds is 9. The zero-order valence-electron chi connectivity index (χ0n) is 19.6. The molecule has 3 aromatic carbocycles. The van der Waals surface area contributed by atoms with Crippen LogP contribution in [0.2, 0.25) is 5.02 Å². The van der Waals surface area contributed by atoms with Crippen LogP contribution in [0.4, 0.5) is 0 Å². The molecule has 4 nitrogen and oxygen atoms in total. The van der Waals surface area contributed by atoms with Crippen molar-refractivity contribution in [3.05, 3.63) is 131 Å². The van der Waals surface area contributed by atoms with Crippen LogP contribution < -0.4 is 27.3 Å². The number of imidazole rings is 1. The van der Waals surface area contributed by atoms with Crippen molar-refractivity contribution < 1.29 is 26.3 Å². The largest absolute Gasteiger partial charge is 1.00 e. The summed E-state index contributed by atoms with van der Waals surface area (Å²) in [5, 5.41) is 0.739. The third-order valence-electron chi connectivity index (χ3n) is 6.44. The molecule has 2 N–H and O–H groups in total. The number of primary amides is 1. The molecular weight excluding hydrogens is 522 g/mol. The first-order valence-electron chi connectivity index (χ1n) is 11.4. The Bertz CT molecular complexity index is 1250. The molecule has 0 fully saturated rings. The number of nitrogens with two attached hydrogens (primary N) is 1. The molecule has 6 heteroatoms. The fourth-order valence-corrected chi connectivity index (χ4v) is 4.67. The summed E-state index contributed by atoms with van der Waals surface area (Å²) in [5.74, 6) is 0.758. The number of hydrogen-bond acceptors (Lipinski definition) is 1. The van der Waals surface area contributed by atoms with Gasteiger partial charge in [-0.2, -0.15) is 0 Å². The molecule has 4 aromatic rings. The van der Waals surface area contributed by atoms with Crippen molar-refractivity contribution in [1.82, 2.24) is 4.57 Å². The van der Waals surface area contributed by atoms with E-state index < -0.39 is 5.41 Å². The normalized spacial score (nSPS) is 11.4. The molecule has 0 spiro atoms. The lowest BCUT2D eigenvalue weighted by atomic mass is 9.71. The number of carbonyl (C=O) groups excluding carboxylic acids is 1. The minimum atomic E-state index is -0.909. The number of halogens is 2. The van der Waals surface area contributed by atoms with Crippen LogP contribution in [0.1, 0.15) is 28.9 Å². The first-order valence-corrected chi connectivity index (χ1v) is 11.8. The van der Waals surface area contributed by atoms with Crippen molar-refractivity contribution in [2.45, 2.75) is 31.8 Å². The van der Waals surface area contributed by atoms with Gasteiger partial charge >= 0.3 is 0 Å². The van der Waals surface area contributed by atoms with Crippen LogP contribution in [-0.2, 0) is 23.3 Å². The van der Waals surface area contributed by atoms with Gasteiger partial charge in [0.1, 0.15) is 24.4 Å². The van der Waals surface area contributed by atoms with Crippen LogP contribution in [0.5, 0.6) is 0 Å². The second kappa shape index (κ2) is 12.0. The van der Waals surface area contributed by atoms with Gasteiger partial charge < -0.3 is 22.7 Å². The highest BCUT2D eigenvalue weighted by Crippen LogP contribution is 2.36. The molecule has 0 radical (unpaired) electrons. The molecule has 0 saturated carbocycles. The zero-order valence-corrected chi connectivity index (χ0v) is 22.0. The number of benzene rings is 3. The second-order valence-corrected chi connectivity index (χ2v) is 8.77. The second-order valence-electron chi connectivity index (χ2n) is 8.37. The summed E-state index contributed by atoms with van der Waals surface area (Å²) in [4.78, 5) is 13.0. The molecule has 0 atom stereocenters. The summed E-state index contributed by atoms with van der Waals surface area (Å²) < 4.78 is 4.34. The van der Waals surface area contributed by atoms with Crippen molar-refractivity contribution in [2.75, 3.05) is 0 Å². The average Bonchev–Trinajstić information content (AvgIpc) is 3.21. The Morgan fingerprint density at radius 1 is 0.971 bits per heavy atom. The van der Waals surface area contributed by atoms with Crippen LogP contribution >= 0.6 is 11.6 Å². The van der Waals surface area contributed by atoms with E-state index in [2.05, 4.69) is 34.5 Å². The van der Waals surface area contributed by atoms with Crippen LogP contribution in [0.3, 0.4) is 0 Å². The quantitative estimate of drug-likeness (QED) is 0.320. The summed E-state index contributed by atoms with van der Waals surface area (Å²) in [6.45, 7) is 3.46. The van der Waals surface area contributed by atoms with E-state index in [4.69, 9.17) is 17.3 Å². The van der Waals surface area contributed by atoms with Crippen LogP contribution in [0.25, 0.3) is 6.08 Å². The highest BCUT2D eigenvalue weighted by atomic mass is 79.9. The maximum absolute atomic E-state index is 13.0. The van der Waals surface area contributed by atoms with Gasteiger partial charge in [0.15, 0.2) is 0 Å². The van der Waals surface area contributed by atoms with Crippen LogP contribution in [0.15, 0.2) is 103 Å². The van der Waals surface area contributed by atoms with Crippen LogP contribution in [0, 0.1) is 6.92 Å². The van der Waals surface area contributed by atoms with Gasteiger partial charge in [0, 0.05) is 18.4 Å². The molecule has 0 unspecified atom stereocenters. The first kappa shape index (κ1) is 26.5. The number of nitrogens with zero attached hydrogens (tertiary/aromatic N) is 2. The monoisotopic (exact) mass is 549 g/mol. The van der Waals surface area contributed by atoms with E-state index in [1.165, 1.54) is 0 Å². The average molecular weight is 551 g/mol. The number of aromatic nitrogens is 2. The Balaban J connectivity index is 0.00000342. The topological polar surface area (TPSA) is 51.9 Å². The van der Waals surface area contributed by atoms with E-state index in [0.717, 1.165) is 34.1 Å². The predicted octanol–water partition coefficient (Wildman–Crippen LogP) is 2.32. The van der Waals surface area contributed by atoms with Gasteiger partial charge in [-0.05, 0) is 28.8 Å². The smallest absolute Gasteiger partial charge is 0.253 e. The zero-order chi connectivity index (χ0) is 24.0. The standard InChI is InChI=1S/C29H28ClN3O.BrH/c1-23-32(19-10-12-24-11-8-9-17-27(24)30)21-22-33(23)20-18-29(28(31)34,25-13-4-2-5-14-25)26-15-6-3-7-16-26;/h2-17,21-22H,18-20H2,1H3,(H-,31,34);1H/b12-10+;. The molecule has 0 saturated heterocycles. The van der Waals surface area contributed by atoms with E-state index in [0.29, 0.717) is 13.0 Å². The SMILES string of the molecule is Cc1n(CCC(C(N)=O)(c2ccccc2)c2ccccc2)cc[n+]1C/C=C/c1ccccc1Cl.[Br-]. The lowest BCUT2D eigenvalue weighted by molar-refractivity contribution is -0.692. The fourth-order valence-electron chi connectivity index (χ4n) is 4.47. The van der Waals surface area contributed by atoms with E-state index in [1.54, 1.807) is 0 Å². The molecule has 4 rings (SSSR count). The lowest BCUT2D eigenvalue weighted by Crippen LogP contribution is -3.00. The highest BCUT2D eigenvalue weighted by Gasteiger charge is 2.40. The van der Waals surface area contributed by atoms with Crippen molar-refractivity contribution in [2.24, 2.45) is 5.73 Å². The number of allylic oxidation sites excluding steroid dienone is 1. The maximum Gasteiger partial charge on any atom is 0.253 e. The number of carbonyl (C=O) groups is 1. The Morgan fingerprint density at radius 3 is 2.11 bits per heavy atom. The molecule has 0 aliphatic heterocycles. The van der Waals surface area contributed by atoms with Crippen molar-refractivity contribution in [1.29, 1.82) is 0 Å². The molecule has 0 bridgehead atoms. The summed E-state index contributed by atoms with van der Waals surface area (Å²) >= 11 is 6.25. The number of aryl methyl sites for hydroxylation is 1. The molecule has 1 heterocycles. The molecule has 35 heavy (non-hydrogen) atoms. The van der Waals surface area contributed by atoms with Crippen molar-refractivity contribution in [3.8, 4) is 0 Å². The van der Waals surface area contributed by atoms with E-state index in [-0.39, 0.29) is 22.9 Å². The fraction of sp³-hybridized carbons (Fsp3) is 0.172. The minimum Gasteiger partial charge on any atom is -1.00 e. The first-order chi connectivity index (χ1) is 16.5. The Labute approximate surface area is 222 Å². The third kappa shape index (κ3) is 5.75. The Hall–Kier alpha value is -3.15. The van der Waals surface area contributed by atoms with Gasteiger partial charge in [-0.1, -0.05) is 96.5 Å². The van der Waals surface area contributed by atoms with Gasteiger partial charge in [0.25, 0.3) is 5.82 Å². The van der Waals surface area contributed by atoms with Crippen molar-refractivity contribution in [3.63, 3.8) is 0 Å². The van der Waals surface area contributed by atoms with Crippen LogP contribution in [-0.4, -0.2) is 10.5 Å². The van der Waals surface area contributed by atoms with Gasteiger partial charge in [0.2, 0.25) is 5.91 Å². The van der Waals surface area contributed by atoms with Gasteiger partial charge in [-0.25, -0.2) is 9.13 Å². The lowest BCUT2D eigenvalue weighted by Gasteiger charge is -2.31. The van der Waals surface area contributed by atoms with Gasteiger partial charge in [-0.15, -0.1) is 0 Å².